The van der Waals surface area contributed by atoms with Crippen LogP contribution in [0.4, 0.5) is 0 Å². The molecule has 0 aliphatic carbocycles. The van der Waals surface area contributed by atoms with E-state index in [1.165, 1.54) is 12.0 Å². The van der Waals surface area contributed by atoms with Crippen LogP contribution in [-0.4, -0.2) is 43.6 Å². The SMILES string of the molecule is CC1=CCN(CCNC(N)=NCC(C)C)CC1. The van der Waals surface area contributed by atoms with E-state index in [0.29, 0.717) is 11.9 Å². The maximum Gasteiger partial charge on any atom is 0.188 e. The number of nitrogens with zero attached hydrogens (tertiary/aromatic N) is 2. The molecule has 0 aromatic carbocycles. The van der Waals surface area contributed by atoms with Crippen LogP contribution in [-0.2, 0) is 0 Å². The van der Waals surface area contributed by atoms with Gasteiger partial charge in [-0.15, -0.1) is 0 Å². The van der Waals surface area contributed by atoms with Gasteiger partial charge in [0.1, 0.15) is 0 Å². The highest BCUT2D eigenvalue weighted by atomic mass is 15.2. The number of guanidine groups is 1. The van der Waals surface area contributed by atoms with Crippen molar-refractivity contribution in [1.29, 1.82) is 0 Å². The number of nitrogens with two attached hydrogens (primary N) is 1. The Morgan fingerprint density at radius 3 is 2.94 bits per heavy atom. The second kappa shape index (κ2) is 7.33. The minimum absolute atomic E-state index is 0.561. The highest BCUT2D eigenvalue weighted by Gasteiger charge is 2.08. The molecule has 0 aromatic rings. The zero-order valence-electron chi connectivity index (χ0n) is 11.4. The highest BCUT2D eigenvalue weighted by molar-refractivity contribution is 5.77. The number of aliphatic imine (C=N–C) groups is 1. The number of hydrogen-bond donors (Lipinski definition) is 2. The molecule has 0 fully saturated rings. The van der Waals surface area contributed by atoms with Gasteiger partial charge in [0.15, 0.2) is 5.96 Å². The smallest absolute Gasteiger partial charge is 0.188 e. The number of hydrogen-bond acceptors (Lipinski definition) is 2. The molecule has 3 N–H and O–H groups in total. The van der Waals surface area contributed by atoms with Crippen LogP contribution in [0.1, 0.15) is 27.2 Å². The Hall–Kier alpha value is -1.03. The molecule has 0 radical (unpaired) electrons. The van der Waals surface area contributed by atoms with Gasteiger partial charge in [0.25, 0.3) is 0 Å². The van der Waals surface area contributed by atoms with Crippen LogP contribution in [0.3, 0.4) is 0 Å². The summed E-state index contributed by atoms with van der Waals surface area (Å²) < 4.78 is 0. The zero-order chi connectivity index (χ0) is 12.7. The first kappa shape index (κ1) is 14.0. The van der Waals surface area contributed by atoms with E-state index in [1.807, 2.05) is 0 Å². The number of nitrogens with one attached hydrogen (secondary N) is 1. The zero-order valence-corrected chi connectivity index (χ0v) is 11.4. The molecule has 1 rings (SSSR count). The summed E-state index contributed by atoms with van der Waals surface area (Å²) in [5.41, 5.74) is 7.27. The van der Waals surface area contributed by atoms with E-state index in [0.717, 1.165) is 32.7 Å². The van der Waals surface area contributed by atoms with Gasteiger partial charge in [0.05, 0.1) is 0 Å². The van der Waals surface area contributed by atoms with Crippen LogP contribution in [0, 0.1) is 5.92 Å². The monoisotopic (exact) mass is 238 g/mol. The summed E-state index contributed by atoms with van der Waals surface area (Å²) in [7, 11) is 0. The second-order valence-electron chi connectivity index (χ2n) is 5.15. The molecule has 0 unspecified atom stereocenters. The summed E-state index contributed by atoms with van der Waals surface area (Å²) >= 11 is 0. The summed E-state index contributed by atoms with van der Waals surface area (Å²) in [4.78, 5) is 6.70. The fourth-order valence-corrected chi connectivity index (χ4v) is 1.69. The first-order chi connectivity index (χ1) is 8.08. The number of rotatable bonds is 5. The average Bonchev–Trinajstić information content (AvgIpc) is 2.29. The van der Waals surface area contributed by atoms with Gasteiger partial charge in [0, 0.05) is 32.7 Å². The van der Waals surface area contributed by atoms with Crippen molar-refractivity contribution in [1.82, 2.24) is 10.2 Å². The van der Waals surface area contributed by atoms with E-state index in [-0.39, 0.29) is 0 Å². The lowest BCUT2D eigenvalue weighted by atomic mass is 10.1. The summed E-state index contributed by atoms with van der Waals surface area (Å²) in [5.74, 6) is 1.13. The topological polar surface area (TPSA) is 53.6 Å². The lowest BCUT2D eigenvalue weighted by molar-refractivity contribution is 0.298. The van der Waals surface area contributed by atoms with Crippen LogP contribution in [0.25, 0.3) is 0 Å². The molecule has 17 heavy (non-hydrogen) atoms. The standard InChI is InChI=1S/C13H26N4/c1-11(2)10-16-13(14)15-6-9-17-7-4-12(3)5-8-17/h4,11H,5-10H2,1-3H3,(H3,14,15,16). The maximum absolute atomic E-state index is 5.77. The lowest BCUT2D eigenvalue weighted by Gasteiger charge is -2.25. The second-order valence-corrected chi connectivity index (χ2v) is 5.15. The van der Waals surface area contributed by atoms with Crippen molar-refractivity contribution in [2.75, 3.05) is 32.7 Å². The van der Waals surface area contributed by atoms with Gasteiger partial charge >= 0.3 is 0 Å². The largest absolute Gasteiger partial charge is 0.370 e. The van der Waals surface area contributed by atoms with Gasteiger partial charge in [-0.1, -0.05) is 25.5 Å². The Morgan fingerprint density at radius 2 is 2.35 bits per heavy atom. The van der Waals surface area contributed by atoms with Crippen molar-refractivity contribution in [2.24, 2.45) is 16.6 Å². The molecule has 0 amide bonds. The Labute approximate surface area is 105 Å². The van der Waals surface area contributed by atoms with Gasteiger partial charge in [-0.3, -0.25) is 9.89 Å². The van der Waals surface area contributed by atoms with Crippen LogP contribution >= 0.6 is 0 Å². The normalized spacial score (nSPS) is 18.4. The Balaban J connectivity index is 2.13. The predicted octanol–water partition coefficient (Wildman–Crippen LogP) is 1.20. The summed E-state index contributed by atoms with van der Waals surface area (Å²) in [6.45, 7) is 11.4. The van der Waals surface area contributed by atoms with Gasteiger partial charge in [-0.2, -0.15) is 0 Å². The van der Waals surface area contributed by atoms with Crippen molar-refractivity contribution >= 4 is 5.96 Å². The van der Waals surface area contributed by atoms with E-state index in [9.17, 15) is 0 Å². The van der Waals surface area contributed by atoms with Crippen molar-refractivity contribution in [3.63, 3.8) is 0 Å². The summed E-state index contributed by atoms with van der Waals surface area (Å²) in [6, 6.07) is 0. The molecule has 4 nitrogen and oxygen atoms in total. The fraction of sp³-hybridized carbons (Fsp3) is 0.769. The van der Waals surface area contributed by atoms with Gasteiger partial charge in [0.2, 0.25) is 0 Å². The molecule has 0 atom stereocenters. The lowest BCUT2D eigenvalue weighted by Crippen LogP contribution is -2.40. The Bertz CT molecular complexity index is 281. The molecule has 1 aliphatic rings. The van der Waals surface area contributed by atoms with E-state index in [4.69, 9.17) is 5.73 Å². The van der Waals surface area contributed by atoms with E-state index in [1.54, 1.807) is 0 Å². The van der Waals surface area contributed by atoms with Crippen LogP contribution in [0.5, 0.6) is 0 Å². The predicted molar refractivity (Wildman–Crippen MR) is 74.1 cm³/mol. The molecule has 4 heteroatoms. The van der Waals surface area contributed by atoms with Crippen LogP contribution < -0.4 is 11.1 Å². The fourth-order valence-electron chi connectivity index (χ4n) is 1.69. The molecule has 1 aliphatic heterocycles. The minimum atomic E-state index is 0.561. The average molecular weight is 238 g/mol. The van der Waals surface area contributed by atoms with Crippen molar-refractivity contribution in [3.8, 4) is 0 Å². The minimum Gasteiger partial charge on any atom is -0.370 e. The first-order valence-corrected chi connectivity index (χ1v) is 6.49. The molecule has 0 bridgehead atoms. The van der Waals surface area contributed by atoms with Gasteiger partial charge < -0.3 is 11.1 Å². The van der Waals surface area contributed by atoms with E-state index < -0.39 is 0 Å². The quantitative estimate of drug-likeness (QED) is 0.430. The molecule has 1 heterocycles. The van der Waals surface area contributed by atoms with Crippen LogP contribution in [0.2, 0.25) is 0 Å². The Kier molecular flexibility index (Phi) is 6.05. The molecular weight excluding hydrogens is 212 g/mol. The highest BCUT2D eigenvalue weighted by Crippen LogP contribution is 2.08. The molecular formula is C13H26N4. The van der Waals surface area contributed by atoms with Crippen molar-refractivity contribution < 1.29 is 0 Å². The molecule has 0 spiro atoms. The third-order valence-corrected chi connectivity index (χ3v) is 2.88. The molecule has 98 valence electrons. The van der Waals surface area contributed by atoms with Gasteiger partial charge in [-0.05, 0) is 19.3 Å². The van der Waals surface area contributed by atoms with Crippen molar-refractivity contribution in [2.45, 2.75) is 27.2 Å². The van der Waals surface area contributed by atoms with Crippen LogP contribution in [0.15, 0.2) is 16.6 Å². The van der Waals surface area contributed by atoms with E-state index >= 15 is 0 Å². The maximum atomic E-state index is 5.77. The van der Waals surface area contributed by atoms with E-state index in [2.05, 4.69) is 42.1 Å². The molecule has 0 saturated heterocycles. The summed E-state index contributed by atoms with van der Waals surface area (Å²) in [6.07, 6.45) is 3.50. The summed E-state index contributed by atoms with van der Waals surface area (Å²) in [5, 5.41) is 3.16. The first-order valence-electron chi connectivity index (χ1n) is 6.49. The molecule has 0 saturated carbocycles. The van der Waals surface area contributed by atoms with Gasteiger partial charge in [-0.25, -0.2) is 0 Å². The Morgan fingerprint density at radius 1 is 1.59 bits per heavy atom. The third kappa shape index (κ3) is 6.31. The molecule has 0 aromatic heterocycles. The van der Waals surface area contributed by atoms with Crippen molar-refractivity contribution in [3.05, 3.63) is 11.6 Å². The third-order valence-electron chi connectivity index (χ3n) is 2.88.